The van der Waals surface area contributed by atoms with Crippen LogP contribution in [0.25, 0.3) is 27.9 Å². The van der Waals surface area contributed by atoms with Gasteiger partial charge in [0.25, 0.3) is 10.0 Å². The fourth-order valence-electron chi connectivity index (χ4n) is 4.39. The Kier molecular flexibility index (Phi) is 6.49. The number of fused-ring (bicyclic) bond motifs is 2. The zero-order valence-electron chi connectivity index (χ0n) is 22.0. The van der Waals surface area contributed by atoms with E-state index in [2.05, 4.69) is 35.3 Å². The largest absolute Gasteiger partial charge is 0.497 e. The fourth-order valence-corrected chi connectivity index (χ4v) is 5.68. The number of anilines is 4. The number of hydrogen-bond acceptors (Lipinski definition) is 10. The minimum Gasteiger partial charge on any atom is -0.497 e. The molecule has 212 valence electrons. The molecule has 0 aliphatic carbocycles. The van der Waals surface area contributed by atoms with Crippen molar-refractivity contribution in [2.45, 2.75) is 11.8 Å². The predicted molar refractivity (Wildman–Crippen MR) is 152 cm³/mol. The Morgan fingerprint density at radius 1 is 1.00 bits per heavy atom. The van der Waals surface area contributed by atoms with Crippen LogP contribution < -0.4 is 20.5 Å². The van der Waals surface area contributed by atoms with Gasteiger partial charge in [-0.2, -0.15) is 4.68 Å². The molecule has 0 aliphatic rings. The summed E-state index contributed by atoms with van der Waals surface area (Å²) in [5.41, 5.74) is 7.30. The van der Waals surface area contributed by atoms with Gasteiger partial charge in [-0.05, 0) is 67.1 Å². The summed E-state index contributed by atoms with van der Waals surface area (Å²) in [4.78, 5) is 12.8. The number of halogens is 2. The lowest BCUT2D eigenvalue weighted by molar-refractivity contribution is 0.414. The molecule has 4 N–H and O–H groups in total. The standard InChI is InChI=1S/C27H21F2N9O3S/c1-14-12-15(41-2)6-10-21(14)42(39,40)36-18-8-7-16(28)24(23(18)29)34-27-26-19(31-13-32-27)9-11-22(33-26)38-20-5-3-4-17(30)25(20)35-37-38/h3-13,36H,30H2,1-2H3,(H,31,32,34). The average molecular weight is 590 g/mol. The number of ether oxygens (including phenoxy) is 1. The highest BCUT2D eigenvalue weighted by atomic mass is 32.2. The topological polar surface area (TPSA) is 163 Å². The number of nitrogens with zero attached hydrogens (tertiary/aromatic N) is 6. The number of nitrogens with two attached hydrogens (primary N) is 1. The first-order chi connectivity index (χ1) is 20.2. The molecule has 0 unspecified atom stereocenters. The number of aromatic nitrogens is 6. The normalized spacial score (nSPS) is 11.6. The van der Waals surface area contributed by atoms with Crippen LogP contribution in [-0.4, -0.2) is 45.5 Å². The van der Waals surface area contributed by atoms with Crippen molar-refractivity contribution in [3.63, 3.8) is 0 Å². The van der Waals surface area contributed by atoms with Gasteiger partial charge in [-0.25, -0.2) is 32.2 Å². The second-order valence-electron chi connectivity index (χ2n) is 9.12. The van der Waals surface area contributed by atoms with Crippen LogP contribution in [0.2, 0.25) is 0 Å². The minimum atomic E-state index is -4.24. The molecular formula is C27H21F2N9O3S. The second kappa shape index (κ2) is 10.2. The number of nitrogens with one attached hydrogen (secondary N) is 2. The number of pyridine rings is 1. The SMILES string of the molecule is COc1ccc(S(=O)(=O)Nc2ccc(F)c(Nc3ncnc4ccc(-n5nnc6c(N)cccc65)nc34)c2F)c(C)c1. The van der Waals surface area contributed by atoms with Gasteiger partial charge in [0.15, 0.2) is 17.5 Å². The highest BCUT2D eigenvalue weighted by molar-refractivity contribution is 7.92. The first-order valence-corrected chi connectivity index (χ1v) is 13.8. The predicted octanol–water partition coefficient (Wildman–Crippen LogP) is 4.48. The summed E-state index contributed by atoms with van der Waals surface area (Å²) in [6.07, 6.45) is 1.20. The van der Waals surface area contributed by atoms with Gasteiger partial charge in [0.1, 0.15) is 34.6 Å². The fraction of sp³-hybridized carbons (Fsp3) is 0.0741. The van der Waals surface area contributed by atoms with Crippen LogP contribution in [0.5, 0.6) is 5.75 Å². The number of nitrogen functional groups attached to an aromatic ring is 1. The Hall–Kier alpha value is -5.44. The number of benzene rings is 3. The molecular weight excluding hydrogens is 568 g/mol. The Balaban J connectivity index is 1.38. The summed E-state index contributed by atoms with van der Waals surface area (Å²) < 4.78 is 65.5. The van der Waals surface area contributed by atoms with Crippen molar-refractivity contribution >= 4 is 55.0 Å². The lowest BCUT2D eigenvalue weighted by Gasteiger charge is -2.15. The lowest BCUT2D eigenvalue weighted by Crippen LogP contribution is -2.16. The van der Waals surface area contributed by atoms with Crippen molar-refractivity contribution < 1.29 is 21.9 Å². The molecule has 6 aromatic rings. The number of hydrogen-bond donors (Lipinski definition) is 3. The van der Waals surface area contributed by atoms with Gasteiger partial charge in [0, 0.05) is 0 Å². The van der Waals surface area contributed by atoms with E-state index >= 15 is 4.39 Å². The molecule has 0 amide bonds. The van der Waals surface area contributed by atoms with E-state index in [0.717, 1.165) is 12.1 Å². The Bertz CT molecular complexity index is 2120. The summed E-state index contributed by atoms with van der Waals surface area (Å²) in [7, 11) is -2.79. The third-order valence-electron chi connectivity index (χ3n) is 6.44. The summed E-state index contributed by atoms with van der Waals surface area (Å²) in [6.45, 7) is 1.57. The number of methoxy groups -OCH3 is 1. The van der Waals surface area contributed by atoms with Crippen LogP contribution in [0.1, 0.15) is 5.56 Å². The Morgan fingerprint density at radius 2 is 1.83 bits per heavy atom. The second-order valence-corrected chi connectivity index (χ2v) is 10.8. The molecule has 0 fully saturated rings. The van der Waals surface area contributed by atoms with Crippen molar-refractivity contribution in [3.8, 4) is 11.6 Å². The third-order valence-corrected chi connectivity index (χ3v) is 7.97. The zero-order chi connectivity index (χ0) is 29.6. The highest BCUT2D eigenvalue weighted by Crippen LogP contribution is 2.32. The summed E-state index contributed by atoms with van der Waals surface area (Å²) in [5, 5.41) is 10.8. The van der Waals surface area contributed by atoms with Gasteiger partial charge < -0.3 is 15.8 Å². The molecule has 0 spiro atoms. The van der Waals surface area contributed by atoms with E-state index < -0.39 is 33.0 Å². The molecule has 0 aliphatic heterocycles. The van der Waals surface area contributed by atoms with Crippen molar-refractivity contribution in [1.29, 1.82) is 0 Å². The van der Waals surface area contributed by atoms with Gasteiger partial charge in [0.2, 0.25) is 0 Å². The van der Waals surface area contributed by atoms with Gasteiger partial charge in [-0.3, -0.25) is 4.72 Å². The molecule has 15 heteroatoms. The maximum atomic E-state index is 15.7. The van der Waals surface area contributed by atoms with Gasteiger partial charge in [0.05, 0.1) is 34.4 Å². The maximum absolute atomic E-state index is 15.7. The number of rotatable bonds is 7. The van der Waals surface area contributed by atoms with Crippen LogP contribution in [0.4, 0.5) is 31.7 Å². The van der Waals surface area contributed by atoms with Crippen molar-refractivity contribution in [2.24, 2.45) is 0 Å². The van der Waals surface area contributed by atoms with Crippen molar-refractivity contribution in [2.75, 3.05) is 22.9 Å². The lowest BCUT2D eigenvalue weighted by atomic mass is 10.2. The molecule has 0 radical (unpaired) electrons. The molecule has 0 saturated heterocycles. The first-order valence-electron chi connectivity index (χ1n) is 12.3. The molecule has 0 atom stereocenters. The summed E-state index contributed by atoms with van der Waals surface area (Å²) in [5.74, 6) is -1.43. The minimum absolute atomic E-state index is 0.0328. The van der Waals surface area contributed by atoms with E-state index in [4.69, 9.17) is 10.5 Å². The van der Waals surface area contributed by atoms with Crippen LogP contribution >= 0.6 is 0 Å². The average Bonchev–Trinajstić information content (AvgIpc) is 3.42. The molecule has 3 aromatic heterocycles. The van der Waals surface area contributed by atoms with Crippen LogP contribution in [0.3, 0.4) is 0 Å². The monoisotopic (exact) mass is 589 g/mol. The summed E-state index contributed by atoms with van der Waals surface area (Å²) >= 11 is 0. The first kappa shape index (κ1) is 26.8. The molecule has 42 heavy (non-hydrogen) atoms. The quantitative estimate of drug-likeness (QED) is 0.226. The van der Waals surface area contributed by atoms with Gasteiger partial charge in [-0.1, -0.05) is 11.3 Å². The van der Waals surface area contributed by atoms with Gasteiger partial charge >= 0.3 is 0 Å². The molecule has 3 heterocycles. The Labute approximate surface area is 237 Å². The third kappa shape index (κ3) is 4.64. The van der Waals surface area contributed by atoms with E-state index in [1.54, 1.807) is 37.3 Å². The van der Waals surface area contributed by atoms with Crippen LogP contribution in [0, 0.1) is 18.6 Å². The number of sulfonamides is 1. The van der Waals surface area contributed by atoms with Crippen molar-refractivity contribution in [1.82, 2.24) is 29.9 Å². The van der Waals surface area contributed by atoms with Crippen molar-refractivity contribution in [3.05, 3.63) is 84.2 Å². The Morgan fingerprint density at radius 3 is 2.62 bits per heavy atom. The molecule has 0 bridgehead atoms. The number of aryl methyl sites for hydroxylation is 1. The van der Waals surface area contributed by atoms with E-state index in [1.807, 2.05) is 0 Å². The smallest absolute Gasteiger partial charge is 0.262 e. The molecule has 3 aromatic carbocycles. The van der Waals surface area contributed by atoms with E-state index in [1.165, 1.54) is 36.3 Å². The van der Waals surface area contributed by atoms with Crippen LogP contribution in [-0.2, 0) is 10.0 Å². The molecule has 12 nitrogen and oxygen atoms in total. The van der Waals surface area contributed by atoms with Crippen LogP contribution in [0.15, 0.2) is 71.9 Å². The van der Waals surface area contributed by atoms with E-state index in [0.29, 0.717) is 39.4 Å². The maximum Gasteiger partial charge on any atom is 0.262 e. The molecule has 6 rings (SSSR count). The summed E-state index contributed by atoms with van der Waals surface area (Å²) in [6, 6.07) is 14.7. The highest BCUT2D eigenvalue weighted by Gasteiger charge is 2.23. The van der Waals surface area contributed by atoms with Gasteiger partial charge in [-0.15, -0.1) is 5.10 Å². The van der Waals surface area contributed by atoms with E-state index in [-0.39, 0.29) is 16.2 Å². The zero-order valence-corrected chi connectivity index (χ0v) is 22.8. The van der Waals surface area contributed by atoms with E-state index in [9.17, 15) is 12.8 Å². The molecule has 0 saturated carbocycles.